The molecule has 8 heteroatoms. The topological polar surface area (TPSA) is 88.3 Å². The summed E-state index contributed by atoms with van der Waals surface area (Å²) >= 11 is 1.57. The summed E-state index contributed by atoms with van der Waals surface area (Å²) in [5.41, 5.74) is 0.788. The van der Waals surface area contributed by atoms with E-state index in [1.165, 1.54) is 0 Å². The van der Waals surface area contributed by atoms with E-state index in [2.05, 4.69) is 14.4 Å². The summed E-state index contributed by atoms with van der Waals surface area (Å²) < 4.78 is 33.1. The standard InChI is InChI=1S/C10H14N2O4S2/c1-11-12-9-3-5-10(6-4-9)17-8-2-7-16-18(13,14)15/h3-6H,2,7-8H2,1H3,(H,13,14,15). The molecular weight excluding hydrogens is 276 g/mol. The van der Waals surface area contributed by atoms with E-state index in [0.717, 1.165) is 10.6 Å². The number of benzene rings is 1. The summed E-state index contributed by atoms with van der Waals surface area (Å²) in [5.74, 6) is 0.699. The van der Waals surface area contributed by atoms with Gasteiger partial charge in [-0.25, -0.2) is 4.18 Å². The number of azo groups is 1. The van der Waals surface area contributed by atoms with Gasteiger partial charge in [0.25, 0.3) is 0 Å². The SMILES string of the molecule is CN=Nc1ccc(SCCCOS(=O)(=O)O)cc1. The average Bonchev–Trinajstić information content (AvgIpc) is 2.30. The molecule has 1 rings (SSSR count). The summed E-state index contributed by atoms with van der Waals surface area (Å²) in [5, 5.41) is 7.55. The second kappa shape index (κ2) is 7.47. The zero-order valence-corrected chi connectivity index (χ0v) is 11.4. The van der Waals surface area contributed by atoms with Gasteiger partial charge in [0, 0.05) is 17.7 Å². The molecule has 0 aliphatic rings. The normalized spacial score (nSPS) is 12.1. The third-order valence-corrected chi connectivity index (χ3v) is 3.40. The molecule has 1 aromatic carbocycles. The minimum absolute atomic E-state index is 0.0199. The van der Waals surface area contributed by atoms with Crippen molar-refractivity contribution < 1.29 is 17.2 Å². The summed E-state index contributed by atoms with van der Waals surface area (Å²) in [7, 11) is -2.70. The molecule has 0 spiro atoms. The Morgan fingerprint density at radius 1 is 1.33 bits per heavy atom. The van der Waals surface area contributed by atoms with Crippen molar-refractivity contribution in [1.82, 2.24) is 0 Å². The van der Waals surface area contributed by atoms with Gasteiger partial charge in [0.2, 0.25) is 0 Å². The van der Waals surface area contributed by atoms with Gasteiger partial charge in [-0.05, 0) is 30.7 Å². The van der Waals surface area contributed by atoms with Crippen molar-refractivity contribution >= 4 is 27.8 Å². The van der Waals surface area contributed by atoms with Crippen LogP contribution in [0.1, 0.15) is 6.42 Å². The fourth-order valence-electron chi connectivity index (χ4n) is 1.14. The molecule has 18 heavy (non-hydrogen) atoms. The Hall–Kier alpha value is -0.960. The highest BCUT2D eigenvalue weighted by Gasteiger charge is 2.03. The summed E-state index contributed by atoms with van der Waals surface area (Å²) in [4.78, 5) is 1.05. The highest BCUT2D eigenvalue weighted by Crippen LogP contribution is 2.22. The molecule has 0 amide bonds. The van der Waals surface area contributed by atoms with Gasteiger partial charge in [-0.3, -0.25) is 4.55 Å². The van der Waals surface area contributed by atoms with Gasteiger partial charge in [0.15, 0.2) is 0 Å². The highest BCUT2D eigenvalue weighted by molar-refractivity contribution is 7.99. The second-order valence-electron chi connectivity index (χ2n) is 3.25. The average molecular weight is 290 g/mol. The number of hydrogen-bond donors (Lipinski definition) is 1. The van der Waals surface area contributed by atoms with E-state index in [4.69, 9.17) is 4.55 Å². The minimum atomic E-state index is -4.31. The van der Waals surface area contributed by atoms with Crippen LogP contribution in [0, 0.1) is 0 Å². The van der Waals surface area contributed by atoms with E-state index in [-0.39, 0.29) is 6.61 Å². The highest BCUT2D eigenvalue weighted by atomic mass is 32.3. The molecule has 0 aromatic heterocycles. The smallest absolute Gasteiger partial charge is 0.264 e. The molecule has 0 fully saturated rings. The summed E-state index contributed by atoms with van der Waals surface area (Å²) in [6.45, 7) is -0.0199. The molecule has 6 nitrogen and oxygen atoms in total. The van der Waals surface area contributed by atoms with E-state index in [1.807, 2.05) is 24.3 Å². The summed E-state index contributed by atoms with van der Waals surface area (Å²) in [6.07, 6.45) is 0.529. The quantitative estimate of drug-likeness (QED) is 0.361. The molecule has 0 aliphatic heterocycles. The Kier molecular flexibility index (Phi) is 6.27. The molecule has 0 atom stereocenters. The molecule has 0 aliphatic carbocycles. The molecule has 0 saturated heterocycles. The molecule has 0 saturated carbocycles. The first-order valence-electron chi connectivity index (χ1n) is 5.16. The van der Waals surface area contributed by atoms with Crippen molar-refractivity contribution in [2.75, 3.05) is 19.4 Å². The Morgan fingerprint density at radius 2 is 2.00 bits per heavy atom. The predicted octanol–water partition coefficient (Wildman–Crippen LogP) is 2.70. The van der Waals surface area contributed by atoms with Gasteiger partial charge < -0.3 is 0 Å². The maximum absolute atomic E-state index is 10.3. The van der Waals surface area contributed by atoms with Crippen molar-refractivity contribution in [1.29, 1.82) is 0 Å². The van der Waals surface area contributed by atoms with Crippen LogP contribution in [0.15, 0.2) is 39.4 Å². The van der Waals surface area contributed by atoms with Crippen LogP contribution in [0.25, 0.3) is 0 Å². The molecule has 1 N–H and O–H groups in total. The molecule has 0 radical (unpaired) electrons. The van der Waals surface area contributed by atoms with Gasteiger partial charge in [-0.15, -0.1) is 11.8 Å². The van der Waals surface area contributed by atoms with E-state index in [1.54, 1.807) is 18.8 Å². The zero-order valence-electron chi connectivity index (χ0n) is 9.81. The molecule has 0 unspecified atom stereocenters. The van der Waals surface area contributed by atoms with Crippen molar-refractivity contribution in [3.05, 3.63) is 24.3 Å². The van der Waals surface area contributed by atoms with Crippen molar-refractivity contribution in [3.8, 4) is 0 Å². The molecule has 0 heterocycles. The first-order chi connectivity index (χ1) is 8.51. The van der Waals surface area contributed by atoms with Crippen LogP contribution in [-0.4, -0.2) is 32.4 Å². The Morgan fingerprint density at radius 3 is 2.56 bits per heavy atom. The number of nitrogens with zero attached hydrogens (tertiary/aromatic N) is 2. The van der Waals surface area contributed by atoms with E-state index >= 15 is 0 Å². The number of hydrogen-bond acceptors (Lipinski definition) is 6. The Balaban J connectivity index is 2.27. The minimum Gasteiger partial charge on any atom is -0.264 e. The van der Waals surface area contributed by atoms with Gasteiger partial charge in [0.05, 0.1) is 12.3 Å². The lowest BCUT2D eigenvalue weighted by Crippen LogP contribution is -2.05. The number of rotatable bonds is 7. The second-order valence-corrected chi connectivity index (χ2v) is 5.51. The van der Waals surface area contributed by atoms with Gasteiger partial charge in [-0.2, -0.15) is 18.6 Å². The lowest BCUT2D eigenvalue weighted by Gasteiger charge is -2.02. The fraction of sp³-hybridized carbons (Fsp3) is 0.400. The van der Waals surface area contributed by atoms with Crippen LogP contribution in [-0.2, 0) is 14.6 Å². The van der Waals surface area contributed by atoms with Gasteiger partial charge in [0.1, 0.15) is 0 Å². The third kappa shape index (κ3) is 6.70. The van der Waals surface area contributed by atoms with Crippen molar-refractivity contribution in [2.24, 2.45) is 10.2 Å². The van der Waals surface area contributed by atoms with E-state index in [0.29, 0.717) is 12.2 Å². The monoisotopic (exact) mass is 290 g/mol. The zero-order chi connectivity index (χ0) is 13.4. The van der Waals surface area contributed by atoms with Crippen LogP contribution in [0.2, 0.25) is 0 Å². The predicted molar refractivity (Wildman–Crippen MR) is 69.7 cm³/mol. The van der Waals surface area contributed by atoms with Crippen LogP contribution >= 0.6 is 11.8 Å². The largest absolute Gasteiger partial charge is 0.397 e. The molecular formula is C10H14N2O4S2. The Labute approximate surface area is 110 Å². The maximum Gasteiger partial charge on any atom is 0.397 e. The van der Waals surface area contributed by atoms with Crippen molar-refractivity contribution in [2.45, 2.75) is 11.3 Å². The van der Waals surface area contributed by atoms with Crippen LogP contribution < -0.4 is 0 Å². The lowest BCUT2D eigenvalue weighted by atomic mass is 10.3. The van der Waals surface area contributed by atoms with E-state index in [9.17, 15) is 8.42 Å². The fourth-order valence-corrected chi connectivity index (χ4v) is 2.29. The van der Waals surface area contributed by atoms with E-state index < -0.39 is 10.4 Å². The van der Waals surface area contributed by atoms with Crippen LogP contribution in [0.3, 0.4) is 0 Å². The maximum atomic E-state index is 10.3. The first kappa shape index (κ1) is 15.1. The van der Waals surface area contributed by atoms with Crippen LogP contribution in [0.4, 0.5) is 5.69 Å². The lowest BCUT2D eigenvalue weighted by molar-refractivity contribution is 0.270. The third-order valence-electron chi connectivity index (χ3n) is 1.84. The van der Waals surface area contributed by atoms with Gasteiger partial charge in [-0.1, -0.05) is 0 Å². The molecule has 100 valence electrons. The van der Waals surface area contributed by atoms with Crippen LogP contribution in [0.5, 0.6) is 0 Å². The molecule has 0 bridgehead atoms. The summed E-state index contributed by atoms with van der Waals surface area (Å²) in [6, 6.07) is 7.53. The number of thioether (sulfide) groups is 1. The van der Waals surface area contributed by atoms with Gasteiger partial charge >= 0.3 is 10.4 Å². The molecule has 1 aromatic rings. The first-order valence-corrected chi connectivity index (χ1v) is 7.51. The Bertz CT molecular complexity index is 485. The van der Waals surface area contributed by atoms with Crippen molar-refractivity contribution in [3.63, 3.8) is 0 Å².